The van der Waals surface area contributed by atoms with Crippen LogP contribution in [0.3, 0.4) is 0 Å². The summed E-state index contributed by atoms with van der Waals surface area (Å²) in [6.45, 7) is 4.46. The molecule has 6 nitrogen and oxygen atoms in total. The lowest BCUT2D eigenvalue weighted by Crippen LogP contribution is -2.40. The molecule has 3 amide bonds. The van der Waals surface area contributed by atoms with E-state index in [0.717, 1.165) is 33.4 Å². The second-order valence-electron chi connectivity index (χ2n) is 7.45. The SMILES string of the molecule is CCOc1ccc(CN2C(=O)N[C@](C)(c3ccc4cc(OC)ccc4c3)C2=O)cc1. The van der Waals surface area contributed by atoms with Gasteiger partial charge in [-0.05, 0) is 66.1 Å². The van der Waals surface area contributed by atoms with Crippen molar-refractivity contribution in [3.05, 3.63) is 71.8 Å². The number of urea groups is 1. The first kappa shape index (κ1) is 19.8. The zero-order valence-electron chi connectivity index (χ0n) is 17.3. The third kappa shape index (κ3) is 3.45. The number of carbonyl (C=O) groups excluding carboxylic acids is 2. The number of hydrogen-bond acceptors (Lipinski definition) is 4. The molecule has 0 aromatic heterocycles. The number of hydrogen-bond donors (Lipinski definition) is 1. The Morgan fingerprint density at radius 1 is 0.933 bits per heavy atom. The largest absolute Gasteiger partial charge is 0.497 e. The molecular weight excluding hydrogens is 380 g/mol. The third-order valence-electron chi connectivity index (χ3n) is 5.47. The molecule has 1 N–H and O–H groups in total. The molecule has 1 saturated heterocycles. The van der Waals surface area contributed by atoms with Gasteiger partial charge in [-0.2, -0.15) is 0 Å². The van der Waals surface area contributed by atoms with Crippen molar-refractivity contribution in [3.63, 3.8) is 0 Å². The first-order valence-corrected chi connectivity index (χ1v) is 9.88. The molecule has 1 atom stereocenters. The van der Waals surface area contributed by atoms with Crippen molar-refractivity contribution in [2.45, 2.75) is 25.9 Å². The van der Waals surface area contributed by atoms with Gasteiger partial charge in [-0.15, -0.1) is 0 Å². The second kappa shape index (κ2) is 7.71. The molecule has 1 fully saturated rings. The van der Waals surface area contributed by atoms with Crippen molar-refractivity contribution in [3.8, 4) is 11.5 Å². The average molecular weight is 404 g/mol. The van der Waals surface area contributed by atoms with Crippen LogP contribution in [0.25, 0.3) is 10.8 Å². The number of nitrogens with zero attached hydrogens (tertiary/aromatic N) is 1. The zero-order chi connectivity index (χ0) is 21.3. The van der Waals surface area contributed by atoms with Crippen LogP contribution in [-0.4, -0.2) is 30.6 Å². The van der Waals surface area contributed by atoms with Crippen molar-refractivity contribution in [1.29, 1.82) is 0 Å². The lowest BCUT2D eigenvalue weighted by atomic mass is 9.90. The number of methoxy groups -OCH3 is 1. The van der Waals surface area contributed by atoms with Crippen LogP contribution in [0.5, 0.6) is 11.5 Å². The smallest absolute Gasteiger partial charge is 0.325 e. The first-order valence-electron chi connectivity index (χ1n) is 9.88. The van der Waals surface area contributed by atoms with Gasteiger partial charge in [0.25, 0.3) is 5.91 Å². The Morgan fingerprint density at radius 3 is 2.30 bits per heavy atom. The average Bonchev–Trinajstić information content (AvgIpc) is 2.98. The van der Waals surface area contributed by atoms with Crippen molar-refractivity contribution < 1.29 is 19.1 Å². The second-order valence-corrected chi connectivity index (χ2v) is 7.45. The summed E-state index contributed by atoms with van der Waals surface area (Å²) >= 11 is 0. The Labute approximate surface area is 175 Å². The Bertz CT molecular complexity index is 1110. The summed E-state index contributed by atoms with van der Waals surface area (Å²) in [4.78, 5) is 27.2. The van der Waals surface area contributed by atoms with E-state index in [1.165, 1.54) is 4.90 Å². The number of amides is 3. The van der Waals surface area contributed by atoms with Crippen molar-refractivity contribution in [2.24, 2.45) is 0 Å². The normalized spacial score (nSPS) is 18.6. The maximum absolute atomic E-state index is 13.2. The predicted molar refractivity (Wildman–Crippen MR) is 115 cm³/mol. The van der Waals surface area contributed by atoms with E-state index in [4.69, 9.17) is 9.47 Å². The van der Waals surface area contributed by atoms with Crippen LogP contribution in [0.2, 0.25) is 0 Å². The fourth-order valence-corrected chi connectivity index (χ4v) is 3.74. The number of rotatable bonds is 6. The summed E-state index contributed by atoms with van der Waals surface area (Å²) in [6.07, 6.45) is 0. The first-order chi connectivity index (χ1) is 14.4. The summed E-state index contributed by atoms with van der Waals surface area (Å²) in [5, 5.41) is 4.85. The van der Waals surface area contributed by atoms with Gasteiger partial charge in [0.1, 0.15) is 17.0 Å². The summed E-state index contributed by atoms with van der Waals surface area (Å²) in [7, 11) is 1.63. The van der Waals surface area contributed by atoms with Crippen molar-refractivity contribution in [1.82, 2.24) is 10.2 Å². The van der Waals surface area contributed by atoms with Gasteiger partial charge in [0.15, 0.2) is 0 Å². The molecule has 1 aliphatic rings. The van der Waals surface area contributed by atoms with Gasteiger partial charge in [-0.1, -0.05) is 30.3 Å². The molecule has 3 aromatic carbocycles. The molecule has 1 aliphatic heterocycles. The minimum atomic E-state index is -1.11. The lowest BCUT2D eigenvalue weighted by molar-refractivity contribution is -0.131. The van der Waals surface area contributed by atoms with Crippen LogP contribution in [0, 0.1) is 0 Å². The van der Waals surface area contributed by atoms with Crippen LogP contribution in [0.1, 0.15) is 25.0 Å². The Kier molecular flexibility index (Phi) is 5.08. The van der Waals surface area contributed by atoms with Gasteiger partial charge >= 0.3 is 6.03 Å². The Balaban J connectivity index is 1.59. The molecule has 4 rings (SSSR count). The number of ether oxygens (including phenoxy) is 2. The maximum atomic E-state index is 13.2. The molecule has 30 heavy (non-hydrogen) atoms. The van der Waals surface area contributed by atoms with Crippen LogP contribution in [0.15, 0.2) is 60.7 Å². The topological polar surface area (TPSA) is 67.9 Å². The van der Waals surface area contributed by atoms with E-state index >= 15 is 0 Å². The van der Waals surface area contributed by atoms with Gasteiger partial charge in [-0.25, -0.2) is 4.79 Å². The van der Waals surface area contributed by atoms with Gasteiger partial charge in [0.2, 0.25) is 0 Å². The highest BCUT2D eigenvalue weighted by molar-refractivity contribution is 6.07. The molecule has 0 radical (unpaired) electrons. The van der Waals surface area contributed by atoms with Crippen molar-refractivity contribution in [2.75, 3.05) is 13.7 Å². The number of benzene rings is 3. The summed E-state index contributed by atoms with van der Waals surface area (Å²) < 4.78 is 10.7. The molecule has 0 bridgehead atoms. The van der Waals surface area contributed by atoms with E-state index in [1.54, 1.807) is 14.0 Å². The molecule has 0 saturated carbocycles. The molecule has 0 spiro atoms. The van der Waals surface area contributed by atoms with Crippen molar-refractivity contribution >= 4 is 22.7 Å². The zero-order valence-corrected chi connectivity index (χ0v) is 17.3. The van der Waals surface area contributed by atoms with E-state index < -0.39 is 11.6 Å². The van der Waals surface area contributed by atoms with E-state index in [2.05, 4.69) is 5.32 Å². The minimum Gasteiger partial charge on any atom is -0.497 e. The molecule has 154 valence electrons. The van der Waals surface area contributed by atoms with E-state index in [9.17, 15) is 9.59 Å². The summed E-state index contributed by atoms with van der Waals surface area (Å²) in [5.41, 5.74) is 0.487. The highest BCUT2D eigenvalue weighted by Gasteiger charge is 2.48. The molecule has 6 heteroatoms. The number of nitrogens with one attached hydrogen (secondary N) is 1. The minimum absolute atomic E-state index is 0.206. The van der Waals surface area contributed by atoms with Gasteiger partial charge in [-0.3, -0.25) is 9.69 Å². The quantitative estimate of drug-likeness (QED) is 0.625. The van der Waals surface area contributed by atoms with Gasteiger partial charge in [0.05, 0.1) is 20.3 Å². The predicted octanol–water partition coefficient (Wildman–Crippen LogP) is 4.21. The van der Waals surface area contributed by atoms with Crippen LogP contribution in [-0.2, 0) is 16.9 Å². The van der Waals surface area contributed by atoms with Gasteiger partial charge in [0, 0.05) is 0 Å². The third-order valence-corrected chi connectivity index (χ3v) is 5.47. The van der Waals surface area contributed by atoms with Gasteiger partial charge < -0.3 is 14.8 Å². The Hall–Kier alpha value is -3.54. The number of fused-ring (bicyclic) bond motifs is 1. The summed E-state index contributed by atoms with van der Waals surface area (Å²) in [6, 6.07) is 18.5. The highest BCUT2D eigenvalue weighted by atomic mass is 16.5. The standard InChI is InChI=1S/C24H24N2O4/c1-4-30-20-10-5-16(6-11-20)15-26-22(27)24(2,25-23(26)28)19-9-7-18-14-21(29-3)12-8-17(18)13-19/h5-14H,4,15H2,1-3H3,(H,25,28)/t24-/m1/s1. The fourth-order valence-electron chi connectivity index (χ4n) is 3.74. The lowest BCUT2D eigenvalue weighted by Gasteiger charge is -2.23. The van der Waals surface area contributed by atoms with E-state index in [1.807, 2.05) is 67.6 Å². The van der Waals surface area contributed by atoms with E-state index in [-0.39, 0.29) is 12.5 Å². The number of imide groups is 1. The molecule has 0 aliphatic carbocycles. The molecule has 0 unspecified atom stereocenters. The molecule has 1 heterocycles. The van der Waals surface area contributed by atoms with Crippen LogP contribution in [0.4, 0.5) is 4.79 Å². The highest BCUT2D eigenvalue weighted by Crippen LogP contribution is 2.32. The van der Waals surface area contributed by atoms with Crippen LogP contribution >= 0.6 is 0 Å². The Morgan fingerprint density at radius 2 is 1.60 bits per heavy atom. The summed E-state index contributed by atoms with van der Waals surface area (Å²) in [5.74, 6) is 1.26. The molecular formula is C24H24N2O4. The monoisotopic (exact) mass is 404 g/mol. The molecule has 3 aromatic rings. The maximum Gasteiger partial charge on any atom is 0.325 e. The van der Waals surface area contributed by atoms with Crippen LogP contribution < -0.4 is 14.8 Å². The fraction of sp³-hybridized carbons (Fsp3) is 0.250. The number of carbonyl (C=O) groups is 2. The van der Waals surface area contributed by atoms with E-state index in [0.29, 0.717) is 6.61 Å².